The Labute approximate surface area is 196 Å². The number of carbonyl (C=O) groups is 2. The number of nitrogens with one attached hydrogen (secondary N) is 2. The zero-order valence-electron chi connectivity index (χ0n) is 18.4. The van der Waals surface area contributed by atoms with Crippen molar-refractivity contribution in [3.05, 3.63) is 106 Å². The van der Waals surface area contributed by atoms with Gasteiger partial charge in [-0.3, -0.25) is 30.6 Å². The molecule has 3 aromatic carbocycles. The molecule has 0 fully saturated rings. The van der Waals surface area contributed by atoms with Gasteiger partial charge < -0.3 is 9.47 Å². The zero-order valence-corrected chi connectivity index (χ0v) is 18.4. The molecular weight excluding hydrogens is 438 g/mol. The molecule has 0 aliphatic carbocycles. The molecule has 0 saturated carbocycles. The van der Waals surface area contributed by atoms with Crippen LogP contribution in [-0.2, 0) is 11.4 Å². The second kappa shape index (κ2) is 11.8. The van der Waals surface area contributed by atoms with Crippen LogP contribution in [0.3, 0.4) is 0 Å². The molecule has 34 heavy (non-hydrogen) atoms. The lowest BCUT2D eigenvalue weighted by Gasteiger charge is -2.09. The number of nitrogens with zero attached hydrogens (tertiary/aromatic N) is 1. The molecule has 0 atom stereocenters. The molecule has 0 saturated heterocycles. The van der Waals surface area contributed by atoms with Gasteiger partial charge in [0.2, 0.25) is 0 Å². The van der Waals surface area contributed by atoms with Crippen molar-refractivity contribution in [1.82, 2.24) is 10.9 Å². The summed E-state index contributed by atoms with van der Waals surface area (Å²) in [5.74, 6) is 0.456. The Kier molecular flexibility index (Phi) is 8.34. The Balaban J connectivity index is 1.44. The fourth-order valence-corrected chi connectivity index (χ4v) is 2.83. The first kappa shape index (κ1) is 24.0. The zero-order chi connectivity index (χ0) is 24.3. The fourth-order valence-electron chi connectivity index (χ4n) is 2.83. The summed E-state index contributed by atoms with van der Waals surface area (Å²) in [5, 5.41) is 10.7. The predicted octanol–water partition coefficient (Wildman–Crippen LogP) is 4.05. The molecule has 0 aliphatic rings. The summed E-state index contributed by atoms with van der Waals surface area (Å²) in [6, 6.07) is 19.8. The number of non-ortho nitro benzene ring substituents is 1. The van der Waals surface area contributed by atoms with Gasteiger partial charge in [0, 0.05) is 23.8 Å². The lowest BCUT2D eigenvalue weighted by Crippen LogP contribution is -2.40. The third-order valence-corrected chi connectivity index (χ3v) is 4.59. The summed E-state index contributed by atoms with van der Waals surface area (Å²) in [6.45, 7) is 2.85. The van der Waals surface area contributed by atoms with Gasteiger partial charge in [-0.2, -0.15) is 0 Å². The van der Waals surface area contributed by atoms with Crippen LogP contribution in [0.2, 0.25) is 0 Å². The molecule has 0 bridgehead atoms. The van der Waals surface area contributed by atoms with Crippen LogP contribution in [0.4, 0.5) is 5.69 Å². The average Bonchev–Trinajstić information content (AvgIpc) is 2.86. The molecule has 0 radical (unpaired) electrons. The van der Waals surface area contributed by atoms with E-state index in [-0.39, 0.29) is 5.69 Å². The second-order valence-corrected chi connectivity index (χ2v) is 7.02. The van der Waals surface area contributed by atoms with Gasteiger partial charge in [-0.15, -0.1) is 0 Å². The van der Waals surface area contributed by atoms with Crippen LogP contribution in [0.15, 0.2) is 78.9 Å². The van der Waals surface area contributed by atoms with Crippen molar-refractivity contribution in [3.8, 4) is 11.5 Å². The number of nitro groups is 1. The van der Waals surface area contributed by atoms with Gasteiger partial charge in [0.05, 0.1) is 11.5 Å². The van der Waals surface area contributed by atoms with E-state index in [4.69, 9.17) is 9.47 Å². The maximum atomic E-state index is 12.2. The summed E-state index contributed by atoms with van der Waals surface area (Å²) in [6.07, 6.45) is 2.69. The van der Waals surface area contributed by atoms with Gasteiger partial charge in [0.15, 0.2) is 0 Å². The van der Waals surface area contributed by atoms with Crippen molar-refractivity contribution in [2.45, 2.75) is 13.5 Å². The Morgan fingerprint density at radius 2 is 1.50 bits per heavy atom. The number of hydrazine groups is 1. The Morgan fingerprint density at radius 1 is 0.882 bits per heavy atom. The molecule has 0 aliphatic heterocycles. The van der Waals surface area contributed by atoms with Crippen LogP contribution in [0.5, 0.6) is 11.5 Å². The SMILES string of the molecule is CCOc1ccc(OCc2ccc(C(=O)NNC(=O)C=Cc3ccc([N+](=O)[O-])cc3)cc2)cc1. The van der Waals surface area contributed by atoms with Gasteiger partial charge in [0.25, 0.3) is 17.5 Å². The summed E-state index contributed by atoms with van der Waals surface area (Å²) in [7, 11) is 0. The van der Waals surface area contributed by atoms with Gasteiger partial charge in [-0.25, -0.2) is 0 Å². The normalized spacial score (nSPS) is 10.5. The van der Waals surface area contributed by atoms with E-state index in [1.165, 1.54) is 36.4 Å². The van der Waals surface area contributed by atoms with Crippen molar-refractivity contribution in [3.63, 3.8) is 0 Å². The Hall–Kier alpha value is -4.66. The number of ether oxygens (including phenoxy) is 2. The third-order valence-electron chi connectivity index (χ3n) is 4.59. The molecule has 2 N–H and O–H groups in total. The van der Waals surface area contributed by atoms with Crippen LogP contribution in [-0.4, -0.2) is 23.3 Å². The maximum absolute atomic E-state index is 12.2. The van der Waals surface area contributed by atoms with Crippen LogP contribution < -0.4 is 20.3 Å². The Bertz CT molecular complexity index is 1160. The molecule has 9 heteroatoms. The number of amides is 2. The Morgan fingerprint density at radius 3 is 2.09 bits per heavy atom. The van der Waals surface area contributed by atoms with Crippen molar-refractivity contribution < 1.29 is 24.0 Å². The van der Waals surface area contributed by atoms with E-state index in [1.807, 2.05) is 31.2 Å². The van der Waals surface area contributed by atoms with Crippen LogP contribution in [0, 0.1) is 10.1 Å². The molecule has 2 amide bonds. The van der Waals surface area contributed by atoms with E-state index in [0.717, 1.165) is 11.3 Å². The predicted molar refractivity (Wildman–Crippen MR) is 126 cm³/mol. The number of benzene rings is 3. The molecule has 9 nitrogen and oxygen atoms in total. The quantitative estimate of drug-likeness (QED) is 0.282. The van der Waals surface area contributed by atoms with Gasteiger partial charge in [-0.1, -0.05) is 12.1 Å². The van der Waals surface area contributed by atoms with E-state index >= 15 is 0 Å². The summed E-state index contributed by atoms with van der Waals surface area (Å²) in [5.41, 5.74) is 6.42. The number of hydrogen-bond acceptors (Lipinski definition) is 6. The largest absolute Gasteiger partial charge is 0.494 e. The van der Waals surface area contributed by atoms with E-state index < -0.39 is 16.7 Å². The molecule has 0 spiro atoms. The smallest absolute Gasteiger partial charge is 0.269 e. The summed E-state index contributed by atoms with van der Waals surface area (Å²) >= 11 is 0. The van der Waals surface area contributed by atoms with Gasteiger partial charge in [0.1, 0.15) is 18.1 Å². The van der Waals surface area contributed by atoms with Crippen LogP contribution in [0.1, 0.15) is 28.4 Å². The second-order valence-electron chi connectivity index (χ2n) is 7.02. The lowest BCUT2D eigenvalue weighted by molar-refractivity contribution is -0.384. The first-order valence-electron chi connectivity index (χ1n) is 10.4. The maximum Gasteiger partial charge on any atom is 0.269 e. The lowest BCUT2D eigenvalue weighted by atomic mass is 10.1. The highest BCUT2D eigenvalue weighted by Crippen LogP contribution is 2.19. The minimum Gasteiger partial charge on any atom is -0.494 e. The van der Waals surface area contributed by atoms with Crippen molar-refractivity contribution in [2.24, 2.45) is 0 Å². The topological polar surface area (TPSA) is 120 Å². The molecule has 3 rings (SSSR count). The first-order valence-corrected chi connectivity index (χ1v) is 10.4. The van der Waals surface area contributed by atoms with Crippen LogP contribution >= 0.6 is 0 Å². The minimum absolute atomic E-state index is 0.0392. The monoisotopic (exact) mass is 461 g/mol. The van der Waals surface area contributed by atoms with Crippen molar-refractivity contribution >= 4 is 23.6 Å². The number of rotatable bonds is 9. The molecule has 3 aromatic rings. The third kappa shape index (κ3) is 7.20. The molecule has 0 unspecified atom stereocenters. The van der Waals surface area contributed by atoms with Gasteiger partial charge >= 0.3 is 0 Å². The molecule has 174 valence electrons. The molecular formula is C25H23N3O6. The minimum atomic E-state index is -0.549. The molecule has 0 aromatic heterocycles. The van der Waals surface area contributed by atoms with Crippen molar-refractivity contribution in [2.75, 3.05) is 6.61 Å². The first-order chi connectivity index (χ1) is 16.4. The molecule has 0 heterocycles. The summed E-state index contributed by atoms with van der Waals surface area (Å²) < 4.78 is 11.1. The van der Waals surface area contributed by atoms with Crippen molar-refractivity contribution in [1.29, 1.82) is 0 Å². The van der Waals surface area contributed by atoms with Gasteiger partial charge in [-0.05, 0) is 72.7 Å². The standard InChI is InChI=1S/C25H23N3O6/c1-2-33-22-12-14-23(15-13-22)34-17-19-3-8-20(9-4-19)25(30)27-26-24(29)16-7-18-5-10-21(11-6-18)28(31)32/h3-16H,2,17H2,1H3,(H,26,29)(H,27,30). The highest BCUT2D eigenvalue weighted by Gasteiger charge is 2.07. The summed E-state index contributed by atoms with van der Waals surface area (Å²) in [4.78, 5) is 34.3. The number of nitro benzene ring substituents is 1. The average molecular weight is 461 g/mol. The van der Waals surface area contributed by atoms with E-state index in [0.29, 0.717) is 30.1 Å². The highest BCUT2D eigenvalue weighted by molar-refractivity contribution is 5.97. The van der Waals surface area contributed by atoms with Crippen LogP contribution in [0.25, 0.3) is 6.08 Å². The van der Waals surface area contributed by atoms with E-state index in [2.05, 4.69) is 10.9 Å². The fraction of sp³-hybridized carbons (Fsp3) is 0.120. The highest BCUT2D eigenvalue weighted by atomic mass is 16.6. The van der Waals surface area contributed by atoms with E-state index in [1.54, 1.807) is 24.3 Å². The van der Waals surface area contributed by atoms with E-state index in [9.17, 15) is 19.7 Å². The number of carbonyl (C=O) groups excluding carboxylic acids is 2. The number of hydrogen-bond donors (Lipinski definition) is 2.